The number of benzene rings is 2. The summed E-state index contributed by atoms with van der Waals surface area (Å²) in [4.78, 5) is 26.1. The van der Waals surface area contributed by atoms with Crippen molar-refractivity contribution in [3.8, 4) is 11.6 Å². The molecule has 2 amide bonds. The molecule has 5 rings (SSSR count). The highest BCUT2D eigenvalue weighted by atomic mass is 19.2. The summed E-state index contributed by atoms with van der Waals surface area (Å²) >= 11 is 0. The van der Waals surface area contributed by atoms with Crippen molar-refractivity contribution in [3.63, 3.8) is 0 Å². The van der Waals surface area contributed by atoms with Gasteiger partial charge in [-0.15, -0.1) is 0 Å². The molecule has 1 saturated heterocycles. The van der Waals surface area contributed by atoms with E-state index in [1.807, 2.05) is 31.2 Å². The van der Waals surface area contributed by atoms with Gasteiger partial charge in [0.05, 0.1) is 17.8 Å². The minimum Gasteiger partial charge on any atom is -0.438 e. The van der Waals surface area contributed by atoms with Gasteiger partial charge in [0.25, 0.3) is 0 Å². The summed E-state index contributed by atoms with van der Waals surface area (Å²) in [5, 5.41) is 2.91. The Labute approximate surface area is 196 Å². The van der Waals surface area contributed by atoms with Gasteiger partial charge in [-0.3, -0.25) is 0 Å². The number of nitrogens with zero attached hydrogens (tertiary/aromatic N) is 4. The molecule has 2 aromatic carbocycles. The van der Waals surface area contributed by atoms with Crippen LogP contribution in [0, 0.1) is 18.6 Å². The second-order valence-corrected chi connectivity index (χ2v) is 8.59. The molecule has 0 spiro atoms. The van der Waals surface area contributed by atoms with Crippen molar-refractivity contribution in [1.29, 1.82) is 0 Å². The highest BCUT2D eigenvalue weighted by molar-refractivity contribution is 5.89. The fraction of sp³-hybridized carbons (Fsp3) is 0.320. The Balaban J connectivity index is 1.43. The van der Waals surface area contributed by atoms with Gasteiger partial charge in [-0.1, -0.05) is 17.7 Å². The molecule has 0 radical (unpaired) electrons. The molecule has 1 N–H and O–H groups in total. The fourth-order valence-corrected chi connectivity index (χ4v) is 4.18. The molecule has 34 heavy (non-hydrogen) atoms. The number of hydrogen-bond donors (Lipinski definition) is 1. The van der Waals surface area contributed by atoms with E-state index in [0.29, 0.717) is 30.2 Å². The smallest absolute Gasteiger partial charge is 0.322 e. The predicted octanol–water partition coefficient (Wildman–Crippen LogP) is 5.05. The molecule has 3 aromatic rings. The lowest BCUT2D eigenvalue weighted by molar-refractivity contribution is 0.205. The molecule has 3 heterocycles. The zero-order valence-corrected chi connectivity index (χ0v) is 18.9. The first-order valence-corrected chi connectivity index (χ1v) is 11.4. The molecule has 176 valence electrons. The Kier molecular flexibility index (Phi) is 6.00. The third-order valence-corrected chi connectivity index (χ3v) is 6.10. The standard InChI is InChI=1S/C25H25F2N5O2/c1-16-4-6-17(7-5-16)28-25(33)32-13-10-22-19(15-32)23(30-24(29-22)31-11-2-3-12-31)34-18-8-9-20(26)21(27)14-18/h4-9,14H,2-3,10-13,15H2,1H3,(H,28,33). The third kappa shape index (κ3) is 4.64. The van der Waals surface area contributed by atoms with E-state index in [4.69, 9.17) is 9.72 Å². The van der Waals surface area contributed by atoms with E-state index in [1.54, 1.807) is 4.90 Å². The Hall–Kier alpha value is -3.75. The van der Waals surface area contributed by atoms with E-state index in [0.717, 1.165) is 49.3 Å². The maximum Gasteiger partial charge on any atom is 0.322 e. The van der Waals surface area contributed by atoms with E-state index in [1.165, 1.54) is 6.07 Å². The zero-order chi connectivity index (χ0) is 23.7. The van der Waals surface area contributed by atoms with E-state index in [9.17, 15) is 13.6 Å². The maximum atomic E-state index is 13.8. The predicted molar refractivity (Wildman–Crippen MR) is 124 cm³/mol. The minimum absolute atomic E-state index is 0.133. The summed E-state index contributed by atoms with van der Waals surface area (Å²) in [6, 6.07) is 10.7. The number of anilines is 2. The van der Waals surface area contributed by atoms with E-state index in [-0.39, 0.29) is 24.2 Å². The fourth-order valence-electron chi connectivity index (χ4n) is 4.18. The Bertz CT molecular complexity index is 1210. The van der Waals surface area contributed by atoms with Crippen molar-refractivity contribution in [2.75, 3.05) is 29.9 Å². The van der Waals surface area contributed by atoms with Gasteiger partial charge in [0.1, 0.15) is 5.75 Å². The van der Waals surface area contributed by atoms with Gasteiger partial charge in [-0.25, -0.2) is 18.6 Å². The number of rotatable bonds is 4. The Morgan fingerprint density at radius 1 is 1.00 bits per heavy atom. The van der Waals surface area contributed by atoms with Crippen LogP contribution < -0.4 is 15.0 Å². The summed E-state index contributed by atoms with van der Waals surface area (Å²) in [5.41, 5.74) is 3.28. The van der Waals surface area contributed by atoms with Crippen LogP contribution >= 0.6 is 0 Å². The van der Waals surface area contributed by atoms with Gasteiger partial charge in [0.2, 0.25) is 11.8 Å². The highest BCUT2D eigenvalue weighted by Gasteiger charge is 2.28. The first-order valence-electron chi connectivity index (χ1n) is 11.4. The van der Waals surface area contributed by atoms with Crippen LogP contribution in [0.3, 0.4) is 0 Å². The van der Waals surface area contributed by atoms with E-state index >= 15 is 0 Å². The summed E-state index contributed by atoms with van der Waals surface area (Å²) < 4.78 is 33.1. The summed E-state index contributed by atoms with van der Waals surface area (Å²) in [6.07, 6.45) is 2.66. The van der Waals surface area contributed by atoms with Crippen LogP contribution in [0.2, 0.25) is 0 Å². The average molecular weight is 466 g/mol. The van der Waals surface area contributed by atoms with Crippen LogP contribution in [0.25, 0.3) is 0 Å². The zero-order valence-electron chi connectivity index (χ0n) is 18.9. The molecule has 0 saturated carbocycles. The van der Waals surface area contributed by atoms with Gasteiger partial charge < -0.3 is 19.9 Å². The number of carbonyl (C=O) groups is 1. The second-order valence-electron chi connectivity index (χ2n) is 8.59. The minimum atomic E-state index is -1.00. The first kappa shape index (κ1) is 22.1. The summed E-state index contributed by atoms with van der Waals surface area (Å²) in [7, 11) is 0. The number of ether oxygens (including phenoxy) is 1. The van der Waals surface area contributed by atoms with Crippen molar-refractivity contribution in [1.82, 2.24) is 14.9 Å². The van der Waals surface area contributed by atoms with Gasteiger partial charge >= 0.3 is 6.03 Å². The van der Waals surface area contributed by atoms with Gasteiger partial charge in [-0.2, -0.15) is 4.98 Å². The van der Waals surface area contributed by atoms with Crippen LogP contribution in [0.5, 0.6) is 11.6 Å². The van der Waals surface area contributed by atoms with Crippen molar-refractivity contribution in [3.05, 3.63) is 70.9 Å². The van der Waals surface area contributed by atoms with Crippen molar-refractivity contribution in [2.24, 2.45) is 0 Å². The quantitative estimate of drug-likeness (QED) is 0.584. The van der Waals surface area contributed by atoms with E-state index < -0.39 is 11.6 Å². The third-order valence-electron chi connectivity index (χ3n) is 6.10. The second kappa shape index (κ2) is 9.24. The van der Waals surface area contributed by atoms with E-state index in [2.05, 4.69) is 15.2 Å². The summed E-state index contributed by atoms with van der Waals surface area (Å²) in [5.74, 6) is -1.00. The van der Waals surface area contributed by atoms with Crippen LogP contribution in [0.15, 0.2) is 42.5 Å². The molecule has 0 atom stereocenters. The number of aromatic nitrogens is 2. The number of hydrogen-bond acceptors (Lipinski definition) is 5. The van der Waals surface area contributed by atoms with Crippen LogP contribution in [0.1, 0.15) is 29.7 Å². The number of aryl methyl sites for hydroxylation is 1. The lowest BCUT2D eigenvalue weighted by Crippen LogP contribution is -2.39. The molecular weight excluding hydrogens is 440 g/mol. The molecule has 0 bridgehead atoms. The lowest BCUT2D eigenvalue weighted by atomic mass is 10.1. The average Bonchev–Trinajstić information content (AvgIpc) is 3.38. The Morgan fingerprint density at radius 3 is 2.50 bits per heavy atom. The number of fused-ring (bicyclic) bond motifs is 1. The SMILES string of the molecule is Cc1ccc(NC(=O)N2CCc3nc(N4CCCC4)nc(Oc4ccc(F)c(F)c4)c3C2)cc1. The molecule has 0 aliphatic carbocycles. The maximum absolute atomic E-state index is 13.8. The highest BCUT2D eigenvalue weighted by Crippen LogP contribution is 2.33. The molecular formula is C25H25F2N5O2. The lowest BCUT2D eigenvalue weighted by Gasteiger charge is -2.30. The van der Waals surface area contributed by atoms with Crippen molar-refractivity contribution in [2.45, 2.75) is 32.7 Å². The number of nitrogens with one attached hydrogen (secondary N) is 1. The normalized spacial score (nSPS) is 15.3. The van der Waals surface area contributed by atoms with Gasteiger partial charge in [0.15, 0.2) is 11.6 Å². The molecule has 9 heteroatoms. The number of amides is 2. The monoisotopic (exact) mass is 465 g/mol. The molecule has 0 unspecified atom stereocenters. The molecule has 7 nitrogen and oxygen atoms in total. The van der Waals surface area contributed by atoms with Gasteiger partial charge in [-0.05, 0) is 44.0 Å². The van der Waals surface area contributed by atoms with Crippen LogP contribution in [-0.4, -0.2) is 40.5 Å². The molecule has 1 fully saturated rings. The topological polar surface area (TPSA) is 70.6 Å². The molecule has 2 aliphatic heterocycles. The van der Waals surface area contributed by atoms with Crippen LogP contribution in [0.4, 0.5) is 25.2 Å². The number of carbonyl (C=O) groups excluding carboxylic acids is 1. The van der Waals surface area contributed by atoms with Crippen LogP contribution in [-0.2, 0) is 13.0 Å². The van der Waals surface area contributed by atoms with Crippen molar-refractivity contribution >= 4 is 17.7 Å². The molecule has 1 aromatic heterocycles. The van der Waals surface area contributed by atoms with Crippen molar-refractivity contribution < 1.29 is 18.3 Å². The number of halogens is 2. The Morgan fingerprint density at radius 2 is 1.76 bits per heavy atom. The summed E-state index contributed by atoms with van der Waals surface area (Å²) in [6.45, 7) is 4.43. The first-order chi connectivity index (χ1) is 16.5. The van der Waals surface area contributed by atoms with Gasteiger partial charge in [0, 0.05) is 37.8 Å². The largest absolute Gasteiger partial charge is 0.438 e. The molecule has 2 aliphatic rings. The number of urea groups is 1.